The van der Waals surface area contributed by atoms with Gasteiger partial charge in [-0.15, -0.1) is 5.10 Å². The minimum atomic E-state index is -0.917. The van der Waals surface area contributed by atoms with E-state index >= 15 is 0 Å². The number of aromatic amines is 1. The van der Waals surface area contributed by atoms with Crippen molar-refractivity contribution in [3.8, 4) is 17.4 Å². The Morgan fingerprint density at radius 3 is 2.44 bits per heavy atom. The number of nitrogens with zero attached hydrogens (tertiary/aromatic N) is 6. The first-order valence-corrected chi connectivity index (χ1v) is 11.0. The molecule has 5 aromatic rings. The van der Waals surface area contributed by atoms with E-state index in [4.69, 9.17) is 28.5 Å². The van der Waals surface area contributed by atoms with Crippen LogP contribution in [0.25, 0.3) is 22.4 Å². The van der Waals surface area contributed by atoms with Crippen LogP contribution in [0.1, 0.15) is 11.3 Å². The summed E-state index contributed by atoms with van der Waals surface area (Å²) in [4.78, 5) is 38.5. The van der Waals surface area contributed by atoms with E-state index in [2.05, 4.69) is 10.2 Å². The van der Waals surface area contributed by atoms with Crippen molar-refractivity contribution < 1.29 is 4.39 Å². The molecule has 0 spiro atoms. The second-order valence-corrected chi connectivity index (χ2v) is 8.42. The number of pyridine rings is 1. The largest absolute Gasteiger partial charge is 0.349 e. The van der Waals surface area contributed by atoms with E-state index in [1.54, 1.807) is 24.3 Å². The fourth-order valence-corrected chi connectivity index (χ4v) is 4.39. The summed E-state index contributed by atoms with van der Waals surface area (Å²) >= 11 is 13.0. The predicted octanol–water partition coefficient (Wildman–Crippen LogP) is 2.79. The van der Waals surface area contributed by atoms with E-state index < -0.39 is 22.8 Å². The van der Waals surface area contributed by atoms with Crippen LogP contribution in [-0.2, 0) is 6.54 Å². The number of halogens is 3. The lowest BCUT2D eigenvalue weighted by Crippen LogP contribution is -2.33. The molecule has 0 saturated heterocycles. The lowest BCUT2D eigenvalue weighted by atomic mass is 10.2. The summed E-state index contributed by atoms with van der Waals surface area (Å²) in [5.74, 6) is -0.417. The van der Waals surface area contributed by atoms with Crippen LogP contribution in [-0.4, -0.2) is 29.1 Å². The number of benzene rings is 2. The maximum absolute atomic E-state index is 13.6. The third-order valence-electron chi connectivity index (χ3n) is 5.35. The van der Waals surface area contributed by atoms with Crippen LogP contribution in [0.15, 0.2) is 69.1 Å². The fraction of sp³-hybridized carbons (Fsp3) is 0.0435. The molecule has 13 heteroatoms. The second kappa shape index (κ2) is 8.92. The number of aromatic nitrogens is 6. The lowest BCUT2D eigenvalue weighted by Gasteiger charge is -2.12. The SMILES string of the molecule is N#Cc1nn(-c2cc(Cl)c(-n3ncc4c3ccc(=O)n4Cc3cccc(F)c3)c(Cl)c2)c(=O)[nH]c1=O. The Morgan fingerprint density at radius 1 is 1.00 bits per heavy atom. The van der Waals surface area contributed by atoms with Crippen LogP contribution in [0, 0.1) is 17.1 Å². The van der Waals surface area contributed by atoms with Gasteiger partial charge >= 0.3 is 5.69 Å². The number of H-pyrrole nitrogens is 1. The van der Waals surface area contributed by atoms with Gasteiger partial charge in [-0.25, -0.2) is 13.9 Å². The summed E-state index contributed by atoms with van der Waals surface area (Å²) in [7, 11) is 0. The van der Waals surface area contributed by atoms with Gasteiger partial charge in [0.05, 0.1) is 39.5 Å². The molecule has 0 atom stereocenters. The van der Waals surface area contributed by atoms with Gasteiger partial charge in [-0.05, 0) is 35.9 Å². The van der Waals surface area contributed by atoms with Gasteiger partial charge in [0.25, 0.3) is 11.1 Å². The van der Waals surface area contributed by atoms with Crippen LogP contribution >= 0.6 is 23.2 Å². The maximum Gasteiger partial charge on any atom is 0.349 e. The van der Waals surface area contributed by atoms with Gasteiger partial charge < -0.3 is 4.57 Å². The van der Waals surface area contributed by atoms with E-state index in [1.807, 2.05) is 4.98 Å². The van der Waals surface area contributed by atoms with E-state index in [0.29, 0.717) is 16.6 Å². The first-order valence-electron chi connectivity index (χ1n) is 10.2. The third kappa shape index (κ3) is 3.98. The molecule has 0 unspecified atom stereocenters. The van der Waals surface area contributed by atoms with E-state index in [1.165, 1.54) is 45.8 Å². The van der Waals surface area contributed by atoms with Crippen LogP contribution < -0.4 is 16.8 Å². The fourth-order valence-electron chi connectivity index (χ4n) is 3.76. The first-order chi connectivity index (χ1) is 17.3. The molecule has 10 nitrogen and oxygen atoms in total. The molecule has 0 bridgehead atoms. The molecular weight excluding hydrogens is 512 g/mol. The smallest absolute Gasteiger partial charge is 0.301 e. The van der Waals surface area contributed by atoms with Gasteiger partial charge in [0.2, 0.25) is 5.69 Å². The van der Waals surface area contributed by atoms with Gasteiger partial charge in [-0.2, -0.15) is 15.0 Å². The molecule has 3 aromatic heterocycles. The van der Waals surface area contributed by atoms with E-state index in [0.717, 1.165) is 4.68 Å². The number of nitrogens with one attached hydrogen (secondary N) is 1. The highest BCUT2D eigenvalue weighted by Crippen LogP contribution is 2.33. The average Bonchev–Trinajstić information content (AvgIpc) is 3.24. The Kier molecular flexibility index (Phi) is 5.75. The minimum Gasteiger partial charge on any atom is -0.301 e. The quantitative estimate of drug-likeness (QED) is 0.385. The Hall–Kier alpha value is -4.53. The third-order valence-corrected chi connectivity index (χ3v) is 5.92. The number of fused-ring (bicyclic) bond motifs is 1. The first kappa shape index (κ1) is 23.2. The summed E-state index contributed by atoms with van der Waals surface area (Å²) < 4.78 is 17.3. The molecule has 0 amide bonds. The summed E-state index contributed by atoms with van der Waals surface area (Å²) in [5, 5.41) is 17.3. The molecule has 3 heterocycles. The summed E-state index contributed by atoms with van der Waals surface area (Å²) in [6, 6.07) is 13.2. The van der Waals surface area contributed by atoms with Crippen molar-refractivity contribution in [3.63, 3.8) is 0 Å². The molecule has 5 rings (SSSR count). The highest BCUT2D eigenvalue weighted by Gasteiger charge is 2.18. The maximum atomic E-state index is 13.6. The zero-order valence-electron chi connectivity index (χ0n) is 17.9. The molecule has 0 aliphatic rings. The Morgan fingerprint density at radius 2 is 1.75 bits per heavy atom. The van der Waals surface area contributed by atoms with Crippen molar-refractivity contribution in [2.75, 3.05) is 0 Å². The van der Waals surface area contributed by atoms with Crippen molar-refractivity contribution in [2.45, 2.75) is 6.54 Å². The molecule has 0 saturated carbocycles. The van der Waals surface area contributed by atoms with Crippen molar-refractivity contribution in [1.29, 1.82) is 5.26 Å². The van der Waals surface area contributed by atoms with Crippen LogP contribution in [0.3, 0.4) is 0 Å². The molecule has 36 heavy (non-hydrogen) atoms. The van der Waals surface area contributed by atoms with Gasteiger partial charge in [-0.3, -0.25) is 14.6 Å². The molecular formula is C23H12Cl2FN7O3. The Balaban J connectivity index is 1.64. The topological polar surface area (TPSA) is 131 Å². The van der Waals surface area contributed by atoms with Gasteiger partial charge in [0.15, 0.2) is 0 Å². The number of hydrogen-bond donors (Lipinski definition) is 1. The van der Waals surface area contributed by atoms with E-state index in [-0.39, 0.29) is 33.5 Å². The lowest BCUT2D eigenvalue weighted by molar-refractivity contribution is 0.623. The zero-order chi connectivity index (χ0) is 25.6. The van der Waals surface area contributed by atoms with Crippen molar-refractivity contribution in [3.05, 3.63) is 113 Å². The summed E-state index contributed by atoms with van der Waals surface area (Å²) in [6.45, 7) is 0.113. The summed E-state index contributed by atoms with van der Waals surface area (Å²) in [6.07, 6.45) is 1.46. The molecule has 0 radical (unpaired) electrons. The molecule has 178 valence electrons. The van der Waals surface area contributed by atoms with Gasteiger partial charge in [0.1, 0.15) is 17.6 Å². The van der Waals surface area contributed by atoms with Gasteiger partial charge in [0, 0.05) is 6.07 Å². The van der Waals surface area contributed by atoms with Crippen LogP contribution in [0.4, 0.5) is 4.39 Å². The minimum absolute atomic E-state index is 0.0730. The van der Waals surface area contributed by atoms with Crippen molar-refractivity contribution in [1.82, 2.24) is 29.1 Å². The number of hydrogen-bond acceptors (Lipinski definition) is 6. The Labute approximate surface area is 210 Å². The predicted molar refractivity (Wildman–Crippen MR) is 130 cm³/mol. The molecule has 2 aromatic carbocycles. The van der Waals surface area contributed by atoms with Crippen molar-refractivity contribution in [2.24, 2.45) is 0 Å². The number of rotatable bonds is 4. The second-order valence-electron chi connectivity index (χ2n) is 7.60. The number of nitriles is 1. The highest BCUT2D eigenvalue weighted by atomic mass is 35.5. The monoisotopic (exact) mass is 523 g/mol. The standard InChI is InChI=1S/C23H12Cl2FN7O3/c24-15-7-14(32-23(36)29-22(35)17(9-27)30-32)8-16(25)21(15)33-18-4-5-20(34)31(19(18)10-28-33)11-12-2-1-3-13(26)6-12/h1-8,10H,11H2,(H,29,35,36). The normalized spacial score (nSPS) is 11.1. The molecule has 0 aliphatic carbocycles. The summed E-state index contributed by atoms with van der Waals surface area (Å²) in [5.41, 5.74) is -0.722. The molecule has 0 fully saturated rings. The van der Waals surface area contributed by atoms with Crippen LogP contribution in [0.5, 0.6) is 0 Å². The van der Waals surface area contributed by atoms with Gasteiger partial charge in [-0.1, -0.05) is 35.3 Å². The molecule has 1 N–H and O–H groups in total. The zero-order valence-corrected chi connectivity index (χ0v) is 19.5. The average molecular weight is 524 g/mol. The highest BCUT2D eigenvalue weighted by molar-refractivity contribution is 6.38. The molecule has 0 aliphatic heterocycles. The van der Waals surface area contributed by atoms with Crippen LogP contribution in [0.2, 0.25) is 10.0 Å². The Bertz CT molecular complexity index is 1880. The van der Waals surface area contributed by atoms with Crippen molar-refractivity contribution >= 4 is 34.2 Å². The van der Waals surface area contributed by atoms with E-state index in [9.17, 15) is 18.8 Å².